The fraction of sp³-hybridized carbons (Fsp3) is 0.885. The molecule has 0 bridgehead atoms. The summed E-state index contributed by atoms with van der Waals surface area (Å²) >= 11 is 0. The first-order valence-electron chi connectivity index (χ1n) is 24.0. The first-order chi connectivity index (χ1) is 29.0. The molecule has 0 spiro atoms. The number of carbonyl (C=O) groups excluding carboxylic acids is 6. The van der Waals surface area contributed by atoms with Gasteiger partial charge in [-0.15, -0.1) is 0 Å². The lowest BCUT2D eigenvalue weighted by molar-refractivity contribution is -0.158. The Bertz CT molecular complexity index is 1180. The number of hydrogen-bond donors (Lipinski definition) is 0. The summed E-state index contributed by atoms with van der Waals surface area (Å²) in [6.45, 7) is 34.0. The fourth-order valence-corrected chi connectivity index (χ4v) is 6.67. The van der Waals surface area contributed by atoms with Crippen molar-refractivity contribution in [3.63, 3.8) is 0 Å². The van der Waals surface area contributed by atoms with Crippen molar-refractivity contribution >= 4 is 35.8 Å². The molecule has 0 aliphatic rings. The summed E-state index contributed by atoms with van der Waals surface area (Å²) < 4.78 is 34.5. The van der Waals surface area contributed by atoms with Crippen LogP contribution in [-0.4, -0.2) is 75.5 Å². The number of unbranched alkanes of at least 4 members (excludes halogenated alkanes) is 5. The van der Waals surface area contributed by atoms with Gasteiger partial charge in [-0.2, -0.15) is 0 Å². The summed E-state index contributed by atoms with van der Waals surface area (Å²) in [4.78, 5) is 76.5. The van der Waals surface area contributed by atoms with Gasteiger partial charge in [-0.05, 0) is 187 Å². The molecule has 0 aliphatic carbocycles. The maximum Gasteiger partial charge on any atom is 0.311 e. The maximum atomic E-state index is 12.7. The Morgan fingerprint density at radius 2 is 0.375 bits per heavy atom. The van der Waals surface area contributed by atoms with Crippen molar-refractivity contribution in [3.8, 4) is 0 Å². The number of carbonyl (C=O) groups is 6. The van der Waals surface area contributed by atoms with Crippen LogP contribution in [0.4, 0.5) is 0 Å². The minimum absolute atomic E-state index is 0.207. The summed E-state index contributed by atoms with van der Waals surface area (Å²) in [5.41, 5.74) is -4.70. The Hall–Kier alpha value is -3.18. The van der Waals surface area contributed by atoms with Crippen LogP contribution in [-0.2, 0) is 57.2 Å². The van der Waals surface area contributed by atoms with Crippen molar-refractivity contribution < 1.29 is 57.2 Å². The van der Waals surface area contributed by atoms with Gasteiger partial charge in [-0.1, -0.05) is 38.5 Å². The lowest BCUT2D eigenvalue weighted by Crippen LogP contribution is -2.32. The molecule has 0 aromatic rings. The van der Waals surface area contributed by atoms with Gasteiger partial charge >= 0.3 is 35.8 Å². The Labute approximate surface area is 389 Å². The van der Waals surface area contributed by atoms with Crippen molar-refractivity contribution in [2.24, 2.45) is 43.3 Å². The zero-order valence-electron chi connectivity index (χ0n) is 44.0. The van der Waals surface area contributed by atoms with Crippen LogP contribution in [0.2, 0.25) is 0 Å². The maximum absolute atomic E-state index is 12.7. The SMILES string of the molecule is CC(C)(C)C(=O)OCCC(CCCCCCCCC(CCOC(=O)C(C)(C)C)(CCOC(=O)C(C)(C)C)CCOC(=O)C(C)(C)C)(CCOC(=O)C(C)(C)C)CCOC(=O)C(C)(C)C. The number of ether oxygens (including phenoxy) is 6. The summed E-state index contributed by atoms with van der Waals surface area (Å²) in [6.07, 6.45) is 10.4. The summed E-state index contributed by atoms with van der Waals surface area (Å²) in [5.74, 6) is -1.71. The molecule has 0 aliphatic heterocycles. The molecule has 64 heavy (non-hydrogen) atoms. The minimum Gasteiger partial charge on any atom is -0.465 e. The minimum atomic E-state index is -0.649. The lowest BCUT2D eigenvalue weighted by Gasteiger charge is -2.35. The Morgan fingerprint density at radius 3 is 0.516 bits per heavy atom. The summed E-state index contributed by atoms with van der Waals surface area (Å²) in [5, 5.41) is 0. The highest BCUT2D eigenvalue weighted by atomic mass is 16.6. The van der Waals surface area contributed by atoms with Gasteiger partial charge in [-0.3, -0.25) is 28.8 Å². The smallest absolute Gasteiger partial charge is 0.311 e. The largest absolute Gasteiger partial charge is 0.465 e. The lowest BCUT2D eigenvalue weighted by atomic mass is 9.74. The van der Waals surface area contributed by atoms with Gasteiger partial charge in [0.05, 0.1) is 72.1 Å². The molecule has 0 radical (unpaired) electrons. The molecule has 12 heteroatoms. The van der Waals surface area contributed by atoms with Crippen molar-refractivity contribution in [2.75, 3.05) is 39.6 Å². The van der Waals surface area contributed by atoms with Gasteiger partial charge < -0.3 is 28.4 Å². The predicted molar refractivity (Wildman–Crippen MR) is 252 cm³/mol. The molecule has 12 nitrogen and oxygen atoms in total. The van der Waals surface area contributed by atoms with Crippen LogP contribution in [0.25, 0.3) is 0 Å². The van der Waals surface area contributed by atoms with Gasteiger partial charge in [-0.25, -0.2) is 0 Å². The van der Waals surface area contributed by atoms with E-state index < -0.39 is 43.3 Å². The van der Waals surface area contributed by atoms with Crippen LogP contribution in [0.3, 0.4) is 0 Å². The second-order valence-corrected chi connectivity index (χ2v) is 24.4. The van der Waals surface area contributed by atoms with E-state index in [1.54, 1.807) is 0 Å². The third kappa shape index (κ3) is 25.5. The highest BCUT2D eigenvalue weighted by Gasteiger charge is 2.36. The number of esters is 6. The first kappa shape index (κ1) is 60.8. The normalized spacial score (nSPS) is 13.2. The number of rotatable bonds is 27. The molecule has 0 saturated heterocycles. The van der Waals surface area contributed by atoms with Gasteiger partial charge in [0.2, 0.25) is 0 Å². The van der Waals surface area contributed by atoms with E-state index in [1.165, 1.54) is 0 Å². The zero-order chi connectivity index (χ0) is 49.8. The Balaban J connectivity index is 6.10. The van der Waals surface area contributed by atoms with Crippen LogP contribution in [0.5, 0.6) is 0 Å². The second-order valence-electron chi connectivity index (χ2n) is 24.4. The quantitative estimate of drug-likeness (QED) is 0.0437. The molecule has 0 N–H and O–H groups in total. The average Bonchev–Trinajstić information content (AvgIpc) is 3.13. The molecule has 0 saturated carbocycles. The van der Waals surface area contributed by atoms with E-state index in [0.717, 1.165) is 51.4 Å². The molecule has 0 unspecified atom stereocenters. The van der Waals surface area contributed by atoms with Gasteiger partial charge in [0, 0.05) is 0 Å². The van der Waals surface area contributed by atoms with E-state index in [-0.39, 0.29) is 75.5 Å². The molecule has 0 heterocycles. The third-order valence-corrected chi connectivity index (χ3v) is 11.5. The van der Waals surface area contributed by atoms with Crippen LogP contribution in [0.1, 0.15) is 215 Å². The monoisotopic (exact) mass is 911 g/mol. The zero-order valence-corrected chi connectivity index (χ0v) is 44.0. The van der Waals surface area contributed by atoms with E-state index >= 15 is 0 Å². The van der Waals surface area contributed by atoms with E-state index in [4.69, 9.17) is 28.4 Å². The van der Waals surface area contributed by atoms with Crippen molar-refractivity contribution in [3.05, 3.63) is 0 Å². The van der Waals surface area contributed by atoms with Crippen molar-refractivity contribution in [1.82, 2.24) is 0 Å². The van der Waals surface area contributed by atoms with E-state index in [9.17, 15) is 28.8 Å². The van der Waals surface area contributed by atoms with Crippen LogP contribution >= 0.6 is 0 Å². The molecule has 0 aromatic heterocycles. The molecule has 0 aromatic carbocycles. The van der Waals surface area contributed by atoms with Crippen LogP contribution in [0.15, 0.2) is 0 Å². The molecule has 0 fully saturated rings. The van der Waals surface area contributed by atoms with Gasteiger partial charge in [0.25, 0.3) is 0 Å². The van der Waals surface area contributed by atoms with E-state index in [1.807, 2.05) is 125 Å². The molecular formula is C52H94O12. The van der Waals surface area contributed by atoms with Crippen molar-refractivity contribution in [2.45, 2.75) is 215 Å². The summed E-state index contributed by atoms with van der Waals surface area (Å²) in [6, 6.07) is 0. The van der Waals surface area contributed by atoms with Crippen LogP contribution < -0.4 is 0 Å². The highest BCUT2D eigenvalue weighted by molar-refractivity contribution is 5.77. The topological polar surface area (TPSA) is 158 Å². The molecule has 374 valence electrons. The van der Waals surface area contributed by atoms with Gasteiger partial charge in [0.15, 0.2) is 0 Å². The van der Waals surface area contributed by atoms with E-state index in [0.29, 0.717) is 38.5 Å². The van der Waals surface area contributed by atoms with Crippen LogP contribution in [0, 0.1) is 43.3 Å². The standard InChI is InChI=1S/C52H94O12/c1-45(2,3)39(53)59-33-27-51(28-34-60-40(54)46(4,5)6,29-35-61-41(55)47(7,8)9)25-23-21-19-20-22-24-26-52(30-36-62-42(56)48(10,11)12,31-37-63-43(57)49(13,14)15)32-38-64-44(58)50(16,17)18/h19-38H2,1-18H3. The van der Waals surface area contributed by atoms with Gasteiger partial charge in [0.1, 0.15) is 0 Å². The Morgan fingerprint density at radius 1 is 0.234 bits per heavy atom. The summed E-state index contributed by atoms with van der Waals surface area (Å²) in [7, 11) is 0. The third-order valence-electron chi connectivity index (χ3n) is 11.5. The molecule has 0 amide bonds. The first-order valence-corrected chi connectivity index (χ1v) is 24.0. The molecule has 0 rings (SSSR count). The Kier molecular flexibility index (Phi) is 24.9. The number of hydrogen-bond acceptors (Lipinski definition) is 12. The highest BCUT2D eigenvalue weighted by Crippen LogP contribution is 2.40. The average molecular weight is 911 g/mol. The molecular weight excluding hydrogens is 817 g/mol. The fourth-order valence-electron chi connectivity index (χ4n) is 6.67. The van der Waals surface area contributed by atoms with Crippen molar-refractivity contribution in [1.29, 1.82) is 0 Å². The molecule has 0 atom stereocenters. The predicted octanol–water partition coefficient (Wildman–Crippen LogP) is 12.0. The van der Waals surface area contributed by atoms with E-state index in [2.05, 4.69) is 0 Å². The second kappa shape index (κ2) is 26.2.